The van der Waals surface area contributed by atoms with Gasteiger partial charge in [0, 0.05) is 24.7 Å². The molecule has 2 aliphatic rings. The molecule has 0 aliphatic heterocycles. The number of nitrogens with zero attached hydrogens (tertiary/aromatic N) is 1. The third-order valence-corrected chi connectivity index (χ3v) is 4.56. The third kappa shape index (κ3) is 5.41. The maximum absolute atomic E-state index is 9.58. The lowest BCUT2D eigenvalue weighted by Crippen LogP contribution is -2.47. The van der Waals surface area contributed by atoms with Gasteiger partial charge in [-0.15, -0.1) is 0 Å². The van der Waals surface area contributed by atoms with E-state index < -0.39 is 0 Å². The van der Waals surface area contributed by atoms with Gasteiger partial charge in [-0.05, 0) is 44.6 Å². The van der Waals surface area contributed by atoms with E-state index in [9.17, 15) is 5.11 Å². The number of rotatable bonds is 9. The zero-order chi connectivity index (χ0) is 13.7. The van der Waals surface area contributed by atoms with Crippen molar-refractivity contribution in [2.45, 2.75) is 76.9 Å². The molecule has 2 N–H and O–H groups in total. The summed E-state index contributed by atoms with van der Waals surface area (Å²) in [6, 6.07) is 1.74. The van der Waals surface area contributed by atoms with Gasteiger partial charge in [0.1, 0.15) is 0 Å². The lowest BCUT2D eigenvalue weighted by Gasteiger charge is -2.33. The summed E-state index contributed by atoms with van der Waals surface area (Å²) in [5.74, 6) is 0.771. The average molecular weight is 268 g/mol. The molecule has 2 saturated carbocycles. The van der Waals surface area contributed by atoms with E-state index in [1.54, 1.807) is 0 Å². The highest BCUT2D eigenvalue weighted by atomic mass is 16.3. The van der Waals surface area contributed by atoms with Crippen LogP contribution < -0.4 is 5.32 Å². The zero-order valence-corrected chi connectivity index (χ0v) is 12.8. The first-order valence-electron chi connectivity index (χ1n) is 8.30. The molecule has 0 amide bonds. The summed E-state index contributed by atoms with van der Waals surface area (Å²) in [6.45, 7) is 7.12. The standard InChI is InChI=1S/C16H32N2O/c1-13(2)9-10-18(16-5-3-4-6-16)11-15(12-19)17-14-7-8-14/h13-17,19H,3-12H2,1-2H3. The molecule has 0 aromatic carbocycles. The SMILES string of the molecule is CC(C)CCN(CC(CO)NC1CC1)C1CCCC1. The molecule has 0 radical (unpaired) electrons. The van der Waals surface area contributed by atoms with E-state index in [0.717, 1.165) is 18.5 Å². The predicted molar refractivity (Wildman–Crippen MR) is 80.3 cm³/mol. The van der Waals surface area contributed by atoms with Crippen molar-refractivity contribution >= 4 is 0 Å². The van der Waals surface area contributed by atoms with E-state index in [-0.39, 0.29) is 12.6 Å². The van der Waals surface area contributed by atoms with Crippen LogP contribution in [0.4, 0.5) is 0 Å². The van der Waals surface area contributed by atoms with Gasteiger partial charge in [-0.3, -0.25) is 4.90 Å². The molecule has 19 heavy (non-hydrogen) atoms. The quantitative estimate of drug-likeness (QED) is 0.674. The summed E-state index contributed by atoms with van der Waals surface area (Å²) < 4.78 is 0. The highest BCUT2D eigenvalue weighted by Gasteiger charge is 2.28. The van der Waals surface area contributed by atoms with E-state index in [1.807, 2.05) is 0 Å². The van der Waals surface area contributed by atoms with E-state index >= 15 is 0 Å². The number of aliphatic hydroxyl groups is 1. The molecule has 0 aromatic rings. The molecular formula is C16H32N2O. The van der Waals surface area contributed by atoms with Crippen LogP contribution in [0.3, 0.4) is 0 Å². The van der Waals surface area contributed by atoms with Gasteiger partial charge >= 0.3 is 0 Å². The second-order valence-electron chi connectivity index (χ2n) is 6.94. The Morgan fingerprint density at radius 3 is 2.37 bits per heavy atom. The molecule has 0 aromatic heterocycles. The molecule has 2 aliphatic carbocycles. The van der Waals surface area contributed by atoms with Gasteiger partial charge in [-0.1, -0.05) is 26.7 Å². The van der Waals surface area contributed by atoms with Gasteiger partial charge in [0.25, 0.3) is 0 Å². The van der Waals surface area contributed by atoms with Gasteiger partial charge in [0.05, 0.1) is 6.61 Å². The Morgan fingerprint density at radius 2 is 1.84 bits per heavy atom. The fraction of sp³-hybridized carbons (Fsp3) is 1.00. The van der Waals surface area contributed by atoms with Crippen LogP contribution in [0.2, 0.25) is 0 Å². The molecule has 0 bridgehead atoms. The topological polar surface area (TPSA) is 35.5 Å². The zero-order valence-electron chi connectivity index (χ0n) is 12.8. The molecule has 0 saturated heterocycles. The van der Waals surface area contributed by atoms with Crippen LogP contribution in [0.1, 0.15) is 58.8 Å². The lowest BCUT2D eigenvalue weighted by atomic mass is 10.1. The fourth-order valence-electron chi connectivity index (χ4n) is 3.15. The Labute approximate surface area is 118 Å². The second kappa shape index (κ2) is 7.61. The molecule has 112 valence electrons. The monoisotopic (exact) mass is 268 g/mol. The van der Waals surface area contributed by atoms with Gasteiger partial charge in [-0.2, -0.15) is 0 Å². The van der Waals surface area contributed by atoms with Crippen molar-refractivity contribution in [3.05, 3.63) is 0 Å². The molecule has 3 nitrogen and oxygen atoms in total. The Hall–Kier alpha value is -0.120. The largest absolute Gasteiger partial charge is 0.395 e. The minimum absolute atomic E-state index is 0.278. The summed E-state index contributed by atoms with van der Waals surface area (Å²) in [6.07, 6.45) is 9.38. The number of hydrogen-bond acceptors (Lipinski definition) is 3. The van der Waals surface area contributed by atoms with Crippen LogP contribution in [0.25, 0.3) is 0 Å². The highest BCUT2D eigenvalue weighted by molar-refractivity contribution is 4.87. The fourth-order valence-corrected chi connectivity index (χ4v) is 3.15. The van der Waals surface area contributed by atoms with Crippen LogP contribution in [-0.4, -0.2) is 47.8 Å². The molecule has 1 atom stereocenters. The summed E-state index contributed by atoms with van der Waals surface area (Å²) in [4.78, 5) is 2.66. The summed E-state index contributed by atoms with van der Waals surface area (Å²) >= 11 is 0. The lowest BCUT2D eigenvalue weighted by molar-refractivity contribution is 0.138. The molecule has 2 rings (SSSR count). The van der Waals surface area contributed by atoms with E-state index in [2.05, 4.69) is 24.1 Å². The molecule has 0 spiro atoms. The maximum atomic E-state index is 9.58. The smallest absolute Gasteiger partial charge is 0.0597 e. The van der Waals surface area contributed by atoms with Crippen molar-refractivity contribution in [1.29, 1.82) is 0 Å². The van der Waals surface area contributed by atoms with Gasteiger partial charge in [-0.25, -0.2) is 0 Å². The Balaban J connectivity index is 1.82. The number of aliphatic hydroxyl groups excluding tert-OH is 1. The highest BCUT2D eigenvalue weighted by Crippen LogP contribution is 2.25. The van der Waals surface area contributed by atoms with E-state index in [4.69, 9.17) is 0 Å². The van der Waals surface area contributed by atoms with Crippen molar-refractivity contribution in [3.63, 3.8) is 0 Å². The molecule has 1 unspecified atom stereocenters. The first kappa shape index (κ1) is 15.3. The first-order valence-corrected chi connectivity index (χ1v) is 8.30. The minimum atomic E-state index is 0.278. The number of nitrogens with one attached hydrogen (secondary N) is 1. The maximum Gasteiger partial charge on any atom is 0.0597 e. The van der Waals surface area contributed by atoms with Crippen LogP contribution in [-0.2, 0) is 0 Å². The minimum Gasteiger partial charge on any atom is -0.395 e. The summed E-state index contributed by atoms with van der Waals surface area (Å²) in [5.41, 5.74) is 0. The second-order valence-corrected chi connectivity index (χ2v) is 6.94. The Bertz CT molecular complexity index is 247. The van der Waals surface area contributed by atoms with Crippen molar-refractivity contribution in [2.24, 2.45) is 5.92 Å². The van der Waals surface area contributed by atoms with Gasteiger partial charge in [0.2, 0.25) is 0 Å². The van der Waals surface area contributed by atoms with E-state index in [0.29, 0.717) is 6.04 Å². The van der Waals surface area contributed by atoms with E-state index in [1.165, 1.54) is 51.5 Å². The average Bonchev–Trinajstić information content (AvgIpc) is 3.03. The normalized spacial score (nSPS) is 22.6. The predicted octanol–water partition coefficient (Wildman–Crippen LogP) is 2.39. The van der Waals surface area contributed by atoms with Gasteiger partial charge in [0.15, 0.2) is 0 Å². The molecular weight excluding hydrogens is 236 g/mol. The molecule has 3 heteroatoms. The summed E-state index contributed by atoms with van der Waals surface area (Å²) in [7, 11) is 0. The Kier molecular flexibility index (Phi) is 6.11. The van der Waals surface area contributed by atoms with Crippen molar-refractivity contribution in [1.82, 2.24) is 10.2 Å². The van der Waals surface area contributed by atoms with Crippen LogP contribution in [0.15, 0.2) is 0 Å². The van der Waals surface area contributed by atoms with Crippen LogP contribution in [0.5, 0.6) is 0 Å². The number of hydrogen-bond donors (Lipinski definition) is 2. The third-order valence-electron chi connectivity index (χ3n) is 4.56. The first-order chi connectivity index (χ1) is 9.19. The Morgan fingerprint density at radius 1 is 1.16 bits per heavy atom. The van der Waals surface area contributed by atoms with Crippen molar-refractivity contribution in [3.8, 4) is 0 Å². The summed E-state index contributed by atoms with van der Waals surface area (Å²) in [5, 5.41) is 13.2. The van der Waals surface area contributed by atoms with Crippen molar-refractivity contribution in [2.75, 3.05) is 19.7 Å². The van der Waals surface area contributed by atoms with Crippen molar-refractivity contribution < 1.29 is 5.11 Å². The van der Waals surface area contributed by atoms with Crippen LogP contribution >= 0.6 is 0 Å². The molecule has 2 fully saturated rings. The van der Waals surface area contributed by atoms with Gasteiger partial charge < -0.3 is 10.4 Å². The van der Waals surface area contributed by atoms with Crippen LogP contribution in [0, 0.1) is 5.92 Å². The molecule has 0 heterocycles.